The lowest BCUT2D eigenvalue weighted by atomic mass is 10.2. The summed E-state index contributed by atoms with van der Waals surface area (Å²) in [6, 6.07) is 5.17. The van der Waals surface area contributed by atoms with Crippen LogP contribution in [0.1, 0.15) is 5.56 Å². The van der Waals surface area contributed by atoms with E-state index in [4.69, 9.17) is 4.55 Å². The van der Waals surface area contributed by atoms with E-state index in [0.717, 1.165) is 0 Å². The van der Waals surface area contributed by atoms with Crippen molar-refractivity contribution in [3.8, 4) is 0 Å². The predicted molar refractivity (Wildman–Crippen MR) is 56.0 cm³/mol. The molecule has 0 amide bonds. The van der Waals surface area contributed by atoms with E-state index in [1.807, 2.05) is 0 Å². The van der Waals surface area contributed by atoms with Crippen LogP contribution in [-0.2, 0) is 10.1 Å². The molecule has 0 spiro atoms. The number of hydrogen-bond acceptors (Lipinski definition) is 3. The lowest BCUT2D eigenvalue weighted by Gasteiger charge is -1.91. The first-order chi connectivity index (χ1) is 7.02. The van der Waals surface area contributed by atoms with Crippen LogP contribution in [0.2, 0.25) is 0 Å². The monoisotopic (exact) mass is 224 g/mol. The van der Waals surface area contributed by atoms with Crippen molar-refractivity contribution in [2.24, 2.45) is 0 Å². The number of rotatable bonds is 2. The fourth-order valence-corrected chi connectivity index (χ4v) is 1.76. The number of H-pyrrole nitrogens is 1. The molecule has 0 bridgehead atoms. The summed E-state index contributed by atoms with van der Waals surface area (Å²) in [6.45, 7) is 3.59. The van der Waals surface area contributed by atoms with Gasteiger partial charge in [0.05, 0.1) is 11.0 Å². The molecule has 0 saturated heterocycles. The molecule has 15 heavy (non-hydrogen) atoms. The third kappa shape index (κ3) is 1.64. The molecule has 1 aromatic heterocycles. The Balaban J connectivity index is 2.82. The maximum Gasteiger partial charge on any atom is 0.328 e. The number of para-hydroxylation sites is 1. The van der Waals surface area contributed by atoms with Crippen LogP contribution in [0.15, 0.2) is 29.9 Å². The minimum atomic E-state index is -4.29. The summed E-state index contributed by atoms with van der Waals surface area (Å²) in [5.41, 5.74) is 1.72. The molecule has 6 heteroatoms. The number of fused-ring (bicyclic) bond motifs is 1. The third-order valence-electron chi connectivity index (χ3n) is 1.99. The van der Waals surface area contributed by atoms with Crippen molar-refractivity contribution in [3.63, 3.8) is 0 Å². The number of imidazole rings is 1. The van der Waals surface area contributed by atoms with Crippen LogP contribution in [0.25, 0.3) is 17.1 Å². The normalized spacial score (nSPS) is 11.8. The minimum absolute atomic E-state index is 0.452. The lowest BCUT2D eigenvalue weighted by molar-refractivity contribution is 0.476. The molecule has 0 radical (unpaired) electrons. The molecule has 2 aromatic rings. The van der Waals surface area contributed by atoms with Crippen LogP contribution < -0.4 is 0 Å². The summed E-state index contributed by atoms with van der Waals surface area (Å²) in [5.74, 6) is 0. The van der Waals surface area contributed by atoms with Gasteiger partial charge in [-0.1, -0.05) is 24.8 Å². The van der Waals surface area contributed by atoms with Crippen molar-refractivity contribution >= 4 is 27.2 Å². The zero-order valence-corrected chi connectivity index (χ0v) is 8.45. The summed E-state index contributed by atoms with van der Waals surface area (Å²) < 4.78 is 30.5. The summed E-state index contributed by atoms with van der Waals surface area (Å²) in [5, 5.41) is -0.452. The molecule has 0 fully saturated rings. The van der Waals surface area contributed by atoms with Gasteiger partial charge < -0.3 is 4.98 Å². The standard InChI is InChI=1S/C9H8N2O3S/c1-2-6-4-3-5-7-8(6)11-9(10-7)15(12,13)14/h2-5H,1H2,(H,10,11)(H,12,13,14). The van der Waals surface area contributed by atoms with Gasteiger partial charge in [-0.15, -0.1) is 0 Å². The number of nitrogens with zero attached hydrogens (tertiary/aromatic N) is 1. The molecule has 1 aromatic carbocycles. The SMILES string of the molecule is C=Cc1cccc2[nH]c(S(=O)(=O)O)nc12. The van der Waals surface area contributed by atoms with Crippen molar-refractivity contribution in [1.82, 2.24) is 9.97 Å². The first-order valence-corrected chi connectivity index (χ1v) is 5.55. The summed E-state index contributed by atoms with van der Waals surface area (Å²) in [7, 11) is -4.29. The van der Waals surface area contributed by atoms with Crippen molar-refractivity contribution in [2.75, 3.05) is 0 Å². The van der Waals surface area contributed by atoms with E-state index in [1.54, 1.807) is 24.3 Å². The van der Waals surface area contributed by atoms with Gasteiger partial charge in [0.1, 0.15) is 0 Å². The van der Waals surface area contributed by atoms with Gasteiger partial charge in [0.2, 0.25) is 0 Å². The van der Waals surface area contributed by atoms with Crippen molar-refractivity contribution in [2.45, 2.75) is 5.16 Å². The Morgan fingerprint density at radius 3 is 2.80 bits per heavy atom. The number of aromatic nitrogens is 2. The zero-order chi connectivity index (χ0) is 11.1. The second kappa shape index (κ2) is 3.18. The molecule has 0 atom stereocenters. The number of benzene rings is 1. The first kappa shape index (κ1) is 9.88. The molecule has 0 unspecified atom stereocenters. The van der Waals surface area contributed by atoms with Gasteiger partial charge in [-0.25, -0.2) is 4.98 Å². The summed E-state index contributed by atoms with van der Waals surface area (Å²) >= 11 is 0. The van der Waals surface area contributed by atoms with Gasteiger partial charge in [0.15, 0.2) is 0 Å². The van der Waals surface area contributed by atoms with E-state index in [-0.39, 0.29) is 0 Å². The minimum Gasteiger partial charge on any atom is -0.327 e. The Bertz CT molecular complexity index is 628. The highest BCUT2D eigenvalue weighted by Gasteiger charge is 2.15. The van der Waals surface area contributed by atoms with E-state index in [9.17, 15) is 8.42 Å². The van der Waals surface area contributed by atoms with Gasteiger partial charge in [-0.3, -0.25) is 4.55 Å². The maximum atomic E-state index is 10.8. The molecule has 1 heterocycles. The van der Waals surface area contributed by atoms with Crippen molar-refractivity contribution in [1.29, 1.82) is 0 Å². The molecule has 78 valence electrons. The average molecular weight is 224 g/mol. The summed E-state index contributed by atoms with van der Waals surface area (Å²) in [6.07, 6.45) is 1.57. The molecule has 2 rings (SSSR count). The second-order valence-corrected chi connectivity index (χ2v) is 4.30. The second-order valence-electron chi connectivity index (χ2n) is 2.96. The van der Waals surface area contributed by atoms with Crippen LogP contribution >= 0.6 is 0 Å². The average Bonchev–Trinajstić information content (AvgIpc) is 2.59. The van der Waals surface area contributed by atoms with Gasteiger partial charge in [0.25, 0.3) is 5.16 Å². The predicted octanol–water partition coefficient (Wildman–Crippen LogP) is 1.45. The smallest absolute Gasteiger partial charge is 0.327 e. The van der Waals surface area contributed by atoms with Gasteiger partial charge in [-0.2, -0.15) is 8.42 Å². The van der Waals surface area contributed by atoms with E-state index in [1.165, 1.54) is 0 Å². The van der Waals surface area contributed by atoms with E-state index in [2.05, 4.69) is 16.5 Å². The Kier molecular flexibility index (Phi) is 2.09. The molecule has 5 nitrogen and oxygen atoms in total. The van der Waals surface area contributed by atoms with Crippen LogP contribution in [0, 0.1) is 0 Å². The third-order valence-corrected chi connectivity index (χ3v) is 2.67. The first-order valence-electron chi connectivity index (χ1n) is 4.11. The van der Waals surface area contributed by atoms with Crippen molar-refractivity contribution < 1.29 is 13.0 Å². The molecule has 0 aliphatic carbocycles. The molecule has 0 saturated carbocycles. The van der Waals surface area contributed by atoms with E-state index in [0.29, 0.717) is 16.6 Å². The van der Waals surface area contributed by atoms with Crippen molar-refractivity contribution in [3.05, 3.63) is 30.3 Å². The van der Waals surface area contributed by atoms with Crippen LogP contribution in [0.4, 0.5) is 0 Å². The van der Waals surface area contributed by atoms with E-state index >= 15 is 0 Å². The molecule has 2 N–H and O–H groups in total. The summed E-state index contributed by atoms with van der Waals surface area (Å²) in [4.78, 5) is 6.30. The molecule has 0 aliphatic heterocycles. The molecular weight excluding hydrogens is 216 g/mol. The molecular formula is C9H8N2O3S. The van der Waals surface area contributed by atoms with E-state index < -0.39 is 15.3 Å². The largest absolute Gasteiger partial charge is 0.328 e. The highest BCUT2D eigenvalue weighted by molar-refractivity contribution is 7.85. The fraction of sp³-hybridized carbons (Fsp3) is 0. The van der Waals surface area contributed by atoms with Crippen LogP contribution in [-0.4, -0.2) is 22.9 Å². The Hall–Kier alpha value is -1.66. The van der Waals surface area contributed by atoms with Gasteiger partial charge >= 0.3 is 10.1 Å². The van der Waals surface area contributed by atoms with Gasteiger partial charge in [0, 0.05) is 5.56 Å². The Morgan fingerprint density at radius 2 is 2.20 bits per heavy atom. The highest BCUT2D eigenvalue weighted by atomic mass is 32.2. The Labute approximate surface area is 86.2 Å². The quantitative estimate of drug-likeness (QED) is 0.756. The number of aromatic amines is 1. The topological polar surface area (TPSA) is 83.0 Å². The lowest BCUT2D eigenvalue weighted by Crippen LogP contribution is -1.99. The fourth-order valence-electron chi connectivity index (χ4n) is 1.32. The number of hydrogen-bond donors (Lipinski definition) is 2. The van der Waals surface area contributed by atoms with Crippen LogP contribution in [0.3, 0.4) is 0 Å². The van der Waals surface area contributed by atoms with Gasteiger partial charge in [-0.05, 0) is 6.07 Å². The van der Waals surface area contributed by atoms with Crippen LogP contribution in [0.5, 0.6) is 0 Å². The maximum absolute atomic E-state index is 10.8. The highest BCUT2D eigenvalue weighted by Crippen LogP contribution is 2.19. The number of nitrogens with one attached hydrogen (secondary N) is 1. The Morgan fingerprint density at radius 1 is 1.47 bits per heavy atom. The molecule has 0 aliphatic rings. The zero-order valence-electron chi connectivity index (χ0n) is 7.64.